The van der Waals surface area contributed by atoms with E-state index in [2.05, 4.69) is 40.5 Å². The largest absolute Gasteiger partial charge is 0.388 e. The van der Waals surface area contributed by atoms with Gasteiger partial charge in [0.05, 0.1) is 23.8 Å². The number of benzene rings is 2. The first kappa shape index (κ1) is 23.4. The number of rotatable bonds is 4. The summed E-state index contributed by atoms with van der Waals surface area (Å²) >= 11 is 0. The lowest BCUT2D eigenvalue weighted by Gasteiger charge is -2.07. The summed E-state index contributed by atoms with van der Waals surface area (Å²) in [4.78, 5) is 34.8. The highest BCUT2D eigenvalue weighted by atomic mass is 16.1. The fraction of sp³-hybridized carbons (Fsp3) is 0.208. The molecule has 0 radical (unpaired) electrons. The maximum atomic E-state index is 12.2. The van der Waals surface area contributed by atoms with Gasteiger partial charge in [0.1, 0.15) is 17.7 Å². The van der Waals surface area contributed by atoms with Crippen molar-refractivity contribution in [2.45, 2.75) is 27.3 Å². The van der Waals surface area contributed by atoms with Gasteiger partial charge in [0.25, 0.3) is 5.56 Å². The summed E-state index contributed by atoms with van der Waals surface area (Å²) < 4.78 is 0. The van der Waals surface area contributed by atoms with Crippen LogP contribution in [-0.2, 0) is 6.54 Å². The molecular formula is C24H28N8O. The molecule has 9 heteroatoms. The van der Waals surface area contributed by atoms with E-state index < -0.39 is 0 Å². The predicted octanol–water partition coefficient (Wildman–Crippen LogP) is 4.26. The summed E-state index contributed by atoms with van der Waals surface area (Å²) in [5.74, 6) is 1.15. The van der Waals surface area contributed by atoms with Crippen molar-refractivity contribution in [1.29, 1.82) is 0 Å². The number of aryl methyl sites for hydroxylation is 1. The van der Waals surface area contributed by atoms with Crippen LogP contribution in [0.5, 0.6) is 0 Å². The molecule has 4 N–H and O–H groups in total. The molecule has 3 aromatic heterocycles. The Morgan fingerprint density at radius 3 is 2.48 bits per heavy atom. The maximum absolute atomic E-state index is 12.2. The third kappa shape index (κ3) is 5.70. The second kappa shape index (κ2) is 11.4. The van der Waals surface area contributed by atoms with E-state index in [1.165, 1.54) is 6.33 Å². The molecule has 0 fully saturated rings. The zero-order valence-electron chi connectivity index (χ0n) is 19.2. The van der Waals surface area contributed by atoms with Crippen molar-refractivity contribution >= 4 is 33.6 Å². The van der Waals surface area contributed by atoms with Gasteiger partial charge in [-0.25, -0.2) is 19.9 Å². The van der Waals surface area contributed by atoms with Crippen molar-refractivity contribution in [2.75, 3.05) is 17.7 Å². The first-order valence-corrected chi connectivity index (χ1v) is 10.7. The number of aromatic amines is 2. The summed E-state index contributed by atoms with van der Waals surface area (Å²) in [6.45, 7) is 6.23. The molecule has 170 valence electrons. The average molecular weight is 445 g/mol. The van der Waals surface area contributed by atoms with Gasteiger partial charge in [-0.3, -0.25) is 4.79 Å². The van der Waals surface area contributed by atoms with Crippen molar-refractivity contribution in [1.82, 2.24) is 29.9 Å². The Bertz CT molecular complexity index is 1360. The van der Waals surface area contributed by atoms with Gasteiger partial charge < -0.3 is 20.6 Å². The van der Waals surface area contributed by atoms with Crippen LogP contribution in [0.25, 0.3) is 22.1 Å². The molecule has 0 aliphatic carbocycles. The number of nitrogens with one attached hydrogen (secondary N) is 4. The van der Waals surface area contributed by atoms with Crippen LogP contribution in [0, 0.1) is 6.92 Å². The van der Waals surface area contributed by atoms with Crippen LogP contribution in [0.3, 0.4) is 0 Å². The topological polar surface area (TPSA) is 124 Å². The fourth-order valence-electron chi connectivity index (χ4n) is 3.16. The highest BCUT2D eigenvalue weighted by Gasteiger charge is 2.08. The molecule has 0 saturated carbocycles. The molecule has 5 rings (SSSR count). The van der Waals surface area contributed by atoms with Crippen molar-refractivity contribution in [3.8, 4) is 0 Å². The van der Waals surface area contributed by atoms with E-state index in [-0.39, 0.29) is 5.56 Å². The summed E-state index contributed by atoms with van der Waals surface area (Å²) in [7, 11) is 1.91. The molecule has 0 spiro atoms. The van der Waals surface area contributed by atoms with E-state index in [1.54, 1.807) is 6.33 Å². The maximum Gasteiger partial charge on any atom is 0.259 e. The van der Waals surface area contributed by atoms with E-state index >= 15 is 0 Å². The minimum absolute atomic E-state index is 0.140. The zero-order valence-corrected chi connectivity index (χ0v) is 19.2. The first-order valence-electron chi connectivity index (χ1n) is 10.7. The predicted molar refractivity (Wildman–Crippen MR) is 133 cm³/mol. The summed E-state index contributed by atoms with van der Waals surface area (Å²) in [6.07, 6.45) is 2.99. The van der Waals surface area contributed by atoms with Crippen LogP contribution in [0.15, 0.2) is 66.0 Å². The van der Waals surface area contributed by atoms with Crippen molar-refractivity contribution < 1.29 is 0 Å². The number of hydrogen-bond donors (Lipinski definition) is 4. The van der Waals surface area contributed by atoms with Crippen LogP contribution in [0.4, 0.5) is 11.5 Å². The molecule has 0 atom stereocenters. The Morgan fingerprint density at radius 2 is 1.76 bits per heavy atom. The van der Waals surface area contributed by atoms with Crippen molar-refractivity contribution in [3.05, 3.63) is 82.9 Å². The molecule has 0 saturated heterocycles. The molecule has 9 nitrogen and oxygen atoms in total. The average Bonchev–Trinajstić information content (AvgIpc) is 3.34. The highest BCUT2D eigenvalue weighted by molar-refractivity contribution is 5.82. The number of anilines is 2. The third-order valence-electron chi connectivity index (χ3n) is 4.70. The Kier molecular flexibility index (Phi) is 8.07. The van der Waals surface area contributed by atoms with Gasteiger partial charge in [0, 0.05) is 12.7 Å². The summed E-state index contributed by atoms with van der Waals surface area (Å²) in [5.41, 5.74) is 3.90. The number of nitrogens with zero attached hydrogens (tertiary/aromatic N) is 4. The Morgan fingerprint density at radius 1 is 0.970 bits per heavy atom. The quantitative estimate of drug-likeness (QED) is 0.326. The highest BCUT2D eigenvalue weighted by Crippen LogP contribution is 2.15. The van der Waals surface area contributed by atoms with Gasteiger partial charge >= 0.3 is 0 Å². The van der Waals surface area contributed by atoms with Gasteiger partial charge in [0.2, 0.25) is 0 Å². The number of imidazole rings is 1. The van der Waals surface area contributed by atoms with Gasteiger partial charge in [-0.1, -0.05) is 44.2 Å². The molecular weight excluding hydrogens is 416 g/mol. The van der Waals surface area contributed by atoms with Crippen molar-refractivity contribution in [3.63, 3.8) is 0 Å². The SMILES string of the molecule is CC.CNc1ccccc1.Cc1cccc2nc(CNc3ncnc4nc[nH]c34)[nH]c(=O)c12. The van der Waals surface area contributed by atoms with Crippen LogP contribution in [0.2, 0.25) is 0 Å². The lowest BCUT2D eigenvalue weighted by Crippen LogP contribution is -2.15. The van der Waals surface area contributed by atoms with E-state index in [0.717, 1.165) is 11.3 Å². The minimum Gasteiger partial charge on any atom is -0.388 e. The van der Waals surface area contributed by atoms with Crippen LogP contribution >= 0.6 is 0 Å². The zero-order chi connectivity index (χ0) is 23.6. The number of para-hydroxylation sites is 1. The van der Waals surface area contributed by atoms with Gasteiger partial charge in [0.15, 0.2) is 11.5 Å². The monoisotopic (exact) mass is 444 g/mol. The second-order valence-corrected chi connectivity index (χ2v) is 6.77. The number of H-pyrrole nitrogens is 2. The lowest BCUT2D eigenvalue weighted by molar-refractivity contribution is 0.944. The van der Waals surface area contributed by atoms with Crippen LogP contribution < -0.4 is 16.2 Å². The standard InChI is InChI=1S/C15H13N7O.C7H9N.C2H6/c1-8-3-2-4-9-11(8)15(23)22-10(21-9)5-16-13-12-14(18-6-17-12)20-7-19-13;1-8-7-5-3-2-4-6-7;1-2/h2-4,6-7H,5H2,1H3,(H,21,22,23)(H2,16,17,18,19,20);2-6,8H,1H3;1-2H3. The number of hydrogen-bond acceptors (Lipinski definition) is 7. The van der Waals surface area contributed by atoms with E-state index in [9.17, 15) is 4.79 Å². The molecule has 0 bridgehead atoms. The van der Waals surface area contributed by atoms with Crippen LogP contribution in [0.1, 0.15) is 25.2 Å². The molecule has 0 aliphatic rings. The molecule has 0 amide bonds. The molecule has 5 aromatic rings. The van der Waals surface area contributed by atoms with E-state index in [1.807, 2.05) is 76.3 Å². The Labute approximate surface area is 191 Å². The minimum atomic E-state index is -0.140. The lowest BCUT2D eigenvalue weighted by atomic mass is 10.1. The Balaban J connectivity index is 0.000000258. The normalized spacial score (nSPS) is 10.1. The second-order valence-electron chi connectivity index (χ2n) is 6.77. The van der Waals surface area contributed by atoms with Gasteiger partial charge in [-0.05, 0) is 30.7 Å². The number of fused-ring (bicyclic) bond motifs is 2. The van der Waals surface area contributed by atoms with Crippen LogP contribution in [-0.4, -0.2) is 37.0 Å². The molecule has 3 heterocycles. The molecule has 0 unspecified atom stereocenters. The summed E-state index contributed by atoms with van der Waals surface area (Å²) in [6, 6.07) is 15.7. The van der Waals surface area contributed by atoms with Crippen molar-refractivity contribution in [2.24, 2.45) is 0 Å². The van der Waals surface area contributed by atoms with E-state index in [0.29, 0.717) is 40.3 Å². The molecule has 0 aliphatic heterocycles. The first-order chi connectivity index (χ1) is 16.2. The van der Waals surface area contributed by atoms with Gasteiger partial charge in [-0.15, -0.1) is 0 Å². The van der Waals surface area contributed by atoms with Gasteiger partial charge in [-0.2, -0.15) is 0 Å². The fourth-order valence-corrected chi connectivity index (χ4v) is 3.16. The van der Waals surface area contributed by atoms with E-state index in [4.69, 9.17) is 0 Å². The number of aromatic nitrogens is 6. The summed E-state index contributed by atoms with van der Waals surface area (Å²) in [5, 5.41) is 6.79. The smallest absolute Gasteiger partial charge is 0.259 e. The molecule has 2 aromatic carbocycles. The molecule has 33 heavy (non-hydrogen) atoms. The third-order valence-corrected chi connectivity index (χ3v) is 4.70. The Hall–Kier alpha value is -4.27.